The fraction of sp³-hybridized carbons (Fsp3) is 0.471. The Hall–Kier alpha value is -1.81. The maximum Gasteiger partial charge on any atom is 0.115 e. The van der Waals surface area contributed by atoms with E-state index in [9.17, 15) is 5.11 Å². The van der Waals surface area contributed by atoms with Gasteiger partial charge in [0, 0.05) is 24.8 Å². The van der Waals surface area contributed by atoms with Gasteiger partial charge in [0.05, 0.1) is 6.20 Å². The van der Waals surface area contributed by atoms with Crippen LogP contribution in [0, 0.1) is 11.8 Å². The van der Waals surface area contributed by atoms with Crippen LogP contribution in [0.3, 0.4) is 0 Å². The second-order valence-electron chi connectivity index (χ2n) is 6.40. The molecule has 1 atom stereocenters. The van der Waals surface area contributed by atoms with Gasteiger partial charge in [-0.2, -0.15) is 5.10 Å². The first-order valence-electron chi connectivity index (χ1n) is 7.82. The Morgan fingerprint density at radius 3 is 2.52 bits per heavy atom. The van der Waals surface area contributed by atoms with E-state index in [1.54, 1.807) is 12.1 Å². The molecule has 4 nitrogen and oxygen atoms in total. The summed E-state index contributed by atoms with van der Waals surface area (Å²) in [6.45, 7) is 4.84. The fourth-order valence-electron chi connectivity index (χ4n) is 3.80. The van der Waals surface area contributed by atoms with Gasteiger partial charge in [-0.3, -0.25) is 4.68 Å². The number of fused-ring (bicyclic) bond motifs is 3. The van der Waals surface area contributed by atoms with Crippen LogP contribution in [0.5, 0.6) is 5.75 Å². The zero-order chi connectivity index (χ0) is 14.2. The SMILES string of the molecule is Oc1ccc(-c2cnn(CC3CN4CCC3CC4)c2)cc1. The minimum absolute atomic E-state index is 0.304. The molecular formula is C17H21N3O. The van der Waals surface area contributed by atoms with E-state index in [1.807, 2.05) is 18.3 Å². The van der Waals surface area contributed by atoms with Crippen molar-refractivity contribution in [1.82, 2.24) is 14.7 Å². The van der Waals surface area contributed by atoms with Crippen molar-refractivity contribution in [3.63, 3.8) is 0 Å². The van der Waals surface area contributed by atoms with Gasteiger partial charge in [0.25, 0.3) is 0 Å². The third-order valence-electron chi connectivity index (χ3n) is 5.05. The maximum atomic E-state index is 9.36. The second kappa shape index (κ2) is 5.19. The Kier molecular flexibility index (Phi) is 3.19. The molecule has 3 aliphatic heterocycles. The largest absolute Gasteiger partial charge is 0.508 e. The van der Waals surface area contributed by atoms with Gasteiger partial charge < -0.3 is 10.0 Å². The molecule has 0 spiro atoms. The van der Waals surface area contributed by atoms with Crippen LogP contribution in [-0.4, -0.2) is 39.4 Å². The molecule has 0 amide bonds. The summed E-state index contributed by atoms with van der Waals surface area (Å²) >= 11 is 0. The summed E-state index contributed by atoms with van der Waals surface area (Å²) < 4.78 is 2.09. The number of aromatic nitrogens is 2. The minimum atomic E-state index is 0.304. The molecule has 4 heteroatoms. The van der Waals surface area contributed by atoms with Gasteiger partial charge in [0.2, 0.25) is 0 Å². The first-order chi connectivity index (χ1) is 10.3. The molecule has 1 N–H and O–H groups in total. The van der Waals surface area contributed by atoms with E-state index in [4.69, 9.17) is 0 Å². The van der Waals surface area contributed by atoms with Crippen molar-refractivity contribution in [3.05, 3.63) is 36.7 Å². The third kappa shape index (κ3) is 2.56. The van der Waals surface area contributed by atoms with Crippen LogP contribution in [-0.2, 0) is 6.54 Å². The summed E-state index contributed by atoms with van der Waals surface area (Å²) in [5.41, 5.74) is 2.23. The average Bonchev–Trinajstić information content (AvgIpc) is 2.98. The van der Waals surface area contributed by atoms with Gasteiger partial charge in [-0.25, -0.2) is 0 Å². The monoisotopic (exact) mass is 283 g/mol. The van der Waals surface area contributed by atoms with Gasteiger partial charge in [0.15, 0.2) is 0 Å². The van der Waals surface area contributed by atoms with Gasteiger partial charge in [-0.05, 0) is 55.5 Å². The molecule has 5 rings (SSSR count). The lowest BCUT2D eigenvalue weighted by molar-refractivity contribution is 0.0405. The third-order valence-corrected chi connectivity index (χ3v) is 5.05. The van der Waals surface area contributed by atoms with Crippen molar-refractivity contribution in [2.75, 3.05) is 19.6 Å². The predicted molar refractivity (Wildman–Crippen MR) is 82.0 cm³/mol. The standard InChI is InChI=1S/C17H21N3O/c21-17-3-1-13(2-4-17)15-9-18-20(11-15)12-16-10-19-7-5-14(16)6-8-19/h1-4,9,11,14,16,21H,5-8,10,12H2. The first kappa shape index (κ1) is 12.9. The molecule has 2 bridgehead atoms. The fourth-order valence-corrected chi connectivity index (χ4v) is 3.80. The molecule has 0 saturated carbocycles. The zero-order valence-corrected chi connectivity index (χ0v) is 12.2. The van der Waals surface area contributed by atoms with Crippen LogP contribution in [0.4, 0.5) is 0 Å². The topological polar surface area (TPSA) is 41.3 Å². The van der Waals surface area contributed by atoms with E-state index in [2.05, 4.69) is 20.9 Å². The highest BCUT2D eigenvalue weighted by molar-refractivity contribution is 5.62. The van der Waals surface area contributed by atoms with Gasteiger partial charge in [-0.15, -0.1) is 0 Å². The van der Waals surface area contributed by atoms with E-state index in [0.29, 0.717) is 5.75 Å². The Balaban J connectivity index is 1.48. The average molecular weight is 283 g/mol. The van der Waals surface area contributed by atoms with Crippen LogP contribution >= 0.6 is 0 Å². The number of nitrogens with zero attached hydrogens (tertiary/aromatic N) is 3. The molecule has 0 radical (unpaired) electrons. The van der Waals surface area contributed by atoms with Gasteiger partial charge in [-0.1, -0.05) is 12.1 Å². The van der Waals surface area contributed by atoms with Crippen molar-refractivity contribution in [1.29, 1.82) is 0 Å². The highest BCUT2D eigenvalue weighted by atomic mass is 16.3. The molecule has 3 fully saturated rings. The van der Waals surface area contributed by atoms with Crippen molar-refractivity contribution in [2.24, 2.45) is 11.8 Å². The van der Waals surface area contributed by atoms with Crippen molar-refractivity contribution in [3.8, 4) is 16.9 Å². The minimum Gasteiger partial charge on any atom is -0.508 e. The quantitative estimate of drug-likeness (QED) is 0.941. The lowest BCUT2D eigenvalue weighted by atomic mass is 9.79. The van der Waals surface area contributed by atoms with Crippen molar-refractivity contribution in [2.45, 2.75) is 19.4 Å². The lowest BCUT2D eigenvalue weighted by Crippen LogP contribution is -2.48. The Bertz CT molecular complexity index is 611. The summed E-state index contributed by atoms with van der Waals surface area (Å²) in [5, 5.41) is 13.9. The number of rotatable bonds is 3. The van der Waals surface area contributed by atoms with Crippen LogP contribution in [0.15, 0.2) is 36.7 Å². The lowest BCUT2D eigenvalue weighted by Gasteiger charge is -2.44. The van der Waals surface area contributed by atoms with E-state index >= 15 is 0 Å². The predicted octanol–water partition coefficient (Wildman–Crippen LogP) is 2.60. The Morgan fingerprint density at radius 1 is 1.10 bits per heavy atom. The number of piperidine rings is 3. The molecule has 3 saturated heterocycles. The molecule has 1 aromatic heterocycles. The molecule has 4 heterocycles. The highest BCUT2D eigenvalue weighted by Crippen LogP contribution is 2.33. The molecular weight excluding hydrogens is 262 g/mol. The molecule has 110 valence electrons. The maximum absolute atomic E-state index is 9.36. The summed E-state index contributed by atoms with van der Waals surface area (Å²) in [5.74, 6) is 1.94. The molecule has 1 unspecified atom stereocenters. The molecule has 0 aliphatic carbocycles. The molecule has 21 heavy (non-hydrogen) atoms. The van der Waals surface area contributed by atoms with Crippen LogP contribution in [0.1, 0.15) is 12.8 Å². The number of aromatic hydroxyl groups is 1. The summed E-state index contributed by atoms with van der Waals surface area (Å²) in [6, 6.07) is 7.32. The number of benzene rings is 1. The summed E-state index contributed by atoms with van der Waals surface area (Å²) in [6.07, 6.45) is 6.77. The van der Waals surface area contributed by atoms with E-state index in [1.165, 1.54) is 32.5 Å². The van der Waals surface area contributed by atoms with Crippen LogP contribution in [0.2, 0.25) is 0 Å². The van der Waals surface area contributed by atoms with Crippen molar-refractivity contribution >= 4 is 0 Å². The first-order valence-corrected chi connectivity index (χ1v) is 7.82. The van der Waals surface area contributed by atoms with E-state index in [0.717, 1.165) is 29.5 Å². The van der Waals surface area contributed by atoms with Gasteiger partial charge in [0.1, 0.15) is 5.75 Å². The number of phenols is 1. The normalized spacial score (nSPS) is 27.9. The second-order valence-corrected chi connectivity index (χ2v) is 6.40. The van der Waals surface area contributed by atoms with Crippen LogP contribution < -0.4 is 0 Å². The molecule has 2 aromatic rings. The number of phenolic OH excluding ortho intramolecular Hbond substituents is 1. The van der Waals surface area contributed by atoms with E-state index in [-0.39, 0.29) is 0 Å². The highest BCUT2D eigenvalue weighted by Gasteiger charge is 2.34. The molecule has 1 aromatic carbocycles. The zero-order valence-electron chi connectivity index (χ0n) is 12.2. The molecule has 3 aliphatic rings. The summed E-state index contributed by atoms with van der Waals surface area (Å²) in [4.78, 5) is 2.59. The van der Waals surface area contributed by atoms with E-state index < -0.39 is 0 Å². The van der Waals surface area contributed by atoms with Crippen molar-refractivity contribution < 1.29 is 5.11 Å². The Labute approximate surface area is 125 Å². The van der Waals surface area contributed by atoms with Gasteiger partial charge >= 0.3 is 0 Å². The smallest absolute Gasteiger partial charge is 0.115 e. The number of hydrogen-bond donors (Lipinski definition) is 1. The summed E-state index contributed by atoms with van der Waals surface area (Å²) in [7, 11) is 0. The Morgan fingerprint density at radius 2 is 1.86 bits per heavy atom. The number of hydrogen-bond acceptors (Lipinski definition) is 3. The van der Waals surface area contributed by atoms with Crippen LogP contribution in [0.25, 0.3) is 11.1 Å².